The first-order valence-electron chi connectivity index (χ1n) is 7.56. The Morgan fingerprint density at radius 1 is 1.48 bits per heavy atom. The lowest BCUT2D eigenvalue weighted by atomic mass is 10.2. The Kier molecular flexibility index (Phi) is 6.18. The number of thiocarbonyl (C=S) groups is 1. The second kappa shape index (κ2) is 8.12. The second-order valence-electron chi connectivity index (χ2n) is 5.60. The Labute approximate surface area is 142 Å². The minimum atomic E-state index is -0.684. The van der Waals surface area contributed by atoms with Gasteiger partial charge in [0, 0.05) is 6.54 Å². The highest BCUT2D eigenvalue weighted by atomic mass is 32.1. The molecule has 7 heteroatoms. The van der Waals surface area contributed by atoms with Gasteiger partial charge in [-0.25, -0.2) is 4.79 Å². The smallest absolute Gasteiger partial charge is 0.348 e. The van der Waals surface area contributed by atoms with Gasteiger partial charge in [0.1, 0.15) is 5.75 Å². The van der Waals surface area contributed by atoms with E-state index in [9.17, 15) is 4.79 Å². The predicted octanol–water partition coefficient (Wildman–Crippen LogP) is 1.25. The summed E-state index contributed by atoms with van der Waals surface area (Å²) in [5, 5.41) is 3.84. The summed E-state index contributed by atoms with van der Waals surface area (Å²) in [5.41, 5.74) is 0.859. The summed E-state index contributed by atoms with van der Waals surface area (Å²) in [6.45, 7) is 2.10. The second-order valence-corrected chi connectivity index (χ2v) is 5.98. The topological polar surface area (TPSA) is 54.0 Å². The molecule has 1 aromatic rings. The average molecular weight is 337 g/mol. The van der Waals surface area contributed by atoms with Gasteiger partial charge in [-0.3, -0.25) is 0 Å². The summed E-state index contributed by atoms with van der Waals surface area (Å²) >= 11 is 5.50. The van der Waals surface area contributed by atoms with Crippen molar-refractivity contribution in [2.75, 3.05) is 45.7 Å². The largest absolute Gasteiger partial charge is 0.475 e. The van der Waals surface area contributed by atoms with Gasteiger partial charge < -0.3 is 24.6 Å². The van der Waals surface area contributed by atoms with Crippen molar-refractivity contribution in [1.82, 2.24) is 10.2 Å². The highest BCUT2D eigenvalue weighted by Crippen LogP contribution is 2.33. The van der Waals surface area contributed by atoms with Crippen molar-refractivity contribution in [1.29, 1.82) is 0 Å². The predicted molar refractivity (Wildman–Crippen MR) is 94.0 cm³/mol. The van der Waals surface area contributed by atoms with Crippen molar-refractivity contribution >= 4 is 29.0 Å². The van der Waals surface area contributed by atoms with Crippen molar-refractivity contribution in [3.8, 4) is 5.75 Å². The van der Waals surface area contributed by atoms with Crippen molar-refractivity contribution in [3.63, 3.8) is 0 Å². The summed E-state index contributed by atoms with van der Waals surface area (Å²) in [7, 11) is 5.43. The Balaban J connectivity index is 2.06. The van der Waals surface area contributed by atoms with Crippen molar-refractivity contribution in [2.24, 2.45) is 0 Å². The molecule has 1 aliphatic rings. The molecule has 0 radical (unpaired) electrons. The van der Waals surface area contributed by atoms with Crippen LogP contribution in [0.5, 0.6) is 5.75 Å². The molecular weight excluding hydrogens is 314 g/mol. The Bertz CT molecular complexity index is 565. The molecule has 0 spiro atoms. The van der Waals surface area contributed by atoms with Crippen LogP contribution in [0.3, 0.4) is 0 Å². The lowest BCUT2D eigenvalue weighted by Crippen LogP contribution is -2.50. The van der Waals surface area contributed by atoms with E-state index < -0.39 is 12.1 Å². The number of nitrogens with one attached hydrogen (secondary N) is 1. The van der Waals surface area contributed by atoms with E-state index in [1.807, 2.05) is 43.3 Å². The zero-order valence-electron chi connectivity index (χ0n) is 13.7. The number of carbonyl (C=O) groups is 1. The van der Waals surface area contributed by atoms with Crippen LogP contribution in [-0.4, -0.2) is 62.9 Å². The monoisotopic (exact) mass is 337 g/mol. The third-order valence-corrected chi connectivity index (χ3v) is 3.91. The maximum Gasteiger partial charge on any atom is 0.348 e. The maximum atomic E-state index is 11.8. The van der Waals surface area contributed by atoms with Crippen LogP contribution in [-0.2, 0) is 9.53 Å². The molecule has 126 valence electrons. The number of carbonyl (C=O) groups excluding carboxylic acids is 1. The summed E-state index contributed by atoms with van der Waals surface area (Å²) in [4.78, 5) is 15.9. The number of methoxy groups -OCH3 is 1. The Hall–Kier alpha value is -1.86. The number of hydrogen-bond donors (Lipinski definition) is 1. The number of fused-ring (bicyclic) bond motifs is 1. The molecule has 0 bridgehead atoms. The number of nitrogens with zero attached hydrogens (tertiary/aromatic N) is 2. The van der Waals surface area contributed by atoms with E-state index in [2.05, 4.69) is 10.2 Å². The maximum absolute atomic E-state index is 11.8. The van der Waals surface area contributed by atoms with Crippen LogP contribution in [0.2, 0.25) is 0 Å². The van der Waals surface area contributed by atoms with Gasteiger partial charge in [-0.15, -0.1) is 0 Å². The highest BCUT2D eigenvalue weighted by Gasteiger charge is 2.32. The third kappa shape index (κ3) is 4.56. The van der Waals surface area contributed by atoms with Crippen molar-refractivity contribution in [3.05, 3.63) is 24.3 Å². The van der Waals surface area contributed by atoms with E-state index in [4.69, 9.17) is 21.7 Å². The minimum Gasteiger partial charge on any atom is -0.475 e. The van der Waals surface area contributed by atoms with E-state index in [0.717, 1.165) is 25.2 Å². The van der Waals surface area contributed by atoms with E-state index in [0.29, 0.717) is 17.4 Å². The van der Waals surface area contributed by atoms with Gasteiger partial charge in [0.05, 0.1) is 19.3 Å². The van der Waals surface area contributed by atoms with Gasteiger partial charge in [-0.2, -0.15) is 0 Å². The molecule has 23 heavy (non-hydrogen) atoms. The summed E-state index contributed by atoms with van der Waals surface area (Å²) in [5.74, 6) is 0.228. The van der Waals surface area contributed by atoms with Gasteiger partial charge in [0.2, 0.25) is 6.10 Å². The first kappa shape index (κ1) is 17.5. The zero-order chi connectivity index (χ0) is 16.8. The molecular formula is C16H23N3O3S. The molecule has 1 atom stereocenters. The molecule has 0 fully saturated rings. The van der Waals surface area contributed by atoms with E-state index >= 15 is 0 Å². The molecule has 1 aliphatic heterocycles. The molecule has 1 heterocycles. The molecule has 1 N–H and O–H groups in total. The summed E-state index contributed by atoms with van der Waals surface area (Å²) in [6.07, 6.45) is 0.302. The molecule has 0 unspecified atom stereocenters. The first-order chi connectivity index (χ1) is 11.0. The number of hydrogen-bond acceptors (Lipinski definition) is 5. The number of rotatable bonds is 5. The third-order valence-electron chi connectivity index (χ3n) is 3.54. The quantitative estimate of drug-likeness (QED) is 0.493. The zero-order valence-corrected chi connectivity index (χ0v) is 14.6. The van der Waals surface area contributed by atoms with E-state index in [-0.39, 0.29) is 0 Å². The van der Waals surface area contributed by atoms with Crippen LogP contribution in [0.4, 0.5) is 5.69 Å². The van der Waals surface area contributed by atoms with Gasteiger partial charge in [-0.05, 0) is 51.4 Å². The standard InChI is InChI=1S/C16H23N3O3S/c1-18(2)10-6-9-17-16(23)19-11-14(15(20)21-3)22-13-8-5-4-7-12(13)19/h4-5,7-8,14H,6,9-11H2,1-3H3,(H,17,23)/t14-/m0/s1. The van der Waals surface area contributed by atoms with Gasteiger partial charge in [0.25, 0.3) is 0 Å². The molecule has 2 rings (SSSR count). The van der Waals surface area contributed by atoms with E-state index in [1.165, 1.54) is 7.11 Å². The number of ether oxygens (including phenoxy) is 2. The Morgan fingerprint density at radius 3 is 2.91 bits per heavy atom. The first-order valence-corrected chi connectivity index (χ1v) is 7.97. The van der Waals surface area contributed by atoms with Crippen LogP contribution >= 0.6 is 12.2 Å². The molecule has 0 saturated heterocycles. The Morgan fingerprint density at radius 2 is 2.22 bits per heavy atom. The highest BCUT2D eigenvalue weighted by molar-refractivity contribution is 7.80. The molecule has 0 amide bonds. The van der Waals surface area contributed by atoms with Crippen molar-refractivity contribution in [2.45, 2.75) is 12.5 Å². The van der Waals surface area contributed by atoms with Gasteiger partial charge in [-0.1, -0.05) is 12.1 Å². The van der Waals surface area contributed by atoms with Crippen LogP contribution in [0.1, 0.15) is 6.42 Å². The summed E-state index contributed by atoms with van der Waals surface area (Å²) < 4.78 is 10.5. The average Bonchev–Trinajstić information content (AvgIpc) is 2.56. The fraction of sp³-hybridized carbons (Fsp3) is 0.500. The fourth-order valence-electron chi connectivity index (χ4n) is 2.37. The molecule has 0 saturated carbocycles. The number of esters is 1. The van der Waals surface area contributed by atoms with Crippen LogP contribution in [0, 0.1) is 0 Å². The number of para-hydroxylation sites is 2. The van der Waals surface area contributed by atoms with Crippen LogP contribution < -0.4 is 15.0 Å². The molecule has 6 nitrogen and oxygen atoms in total. The normalized spacial score (nSPS) is 16.5. The van der Waals surface area contributed by atoms with Crippen LogP contribution in [0.15, 0.2) is 24.3 Å². The van der Waals surface area contributed by atoms with Crippen LogP contribution in [0.25, 0.3) is 0 Å². The minimum absolute atomic E-state index is 0.337. The lowest BCUT2D eigenvalue weighted by molar-refractivity contribution is -0.148. The van der Waals surface area contributed by atoms with Gasteiger partial charge >= 0.3 is 5.97 Å². The fourth-order valence-corrected chi connectivity index (χ4v) is 2.64. The van der Waals surface area contributed by atoms with Gasteiger partial charge in [0.15, 0.2) is 5.11 Å². The number of anilines is 1. The molecule has 0 aliphatic carbocycles. The summed E-state index contributed by atoms with van der Waals surface area (Å²) in [6, 6.07) is 7.54. The molecule has 1 aromatic carbocycles. The van der Waals surface area contributed by atoms with Crippen molar-refractivity contribution < 1.29 is 14.3 Å². The lowest BCUT2D eigenvalue weighted by Gasteiger charge is -2.35. The molecule has 0 aromatic heterocycles. The SMILES string of the molecule is COC(=O)[C@@H]1CN(C(=S)NCCCN(C)C)c2ccccc2O1. The number of benzene rings is 1. The van der Waals surface area contributed by atoms with E-state index in [1.54, 1.807) is 0 Å².